The zero-order valence-electron chi connectivity index (χ0n) is 12.6. The predicted octanol–water partition coefficient (Wildman–Crippen LogP) is 2.23. The van der Waals surface area contributed by atoms with Gasteiger partial charge in [0.15, 0.2) is 11.6 Å². The standard InChI is InChI=1S/C16H14N8/c17-14-15(22-20-11-6-2-1-3-7-11)18-10-19-16(14)24-13-9-5-4-8-12(13)21-23-24/h1-10,20H,17H2,(H,18,19,22). The molecule has 0 spiro atoms. The van der Waals surface area contributed by atoms with E-state index in [1.807, 2.05) is 54.6 Å². The van der Waals surface area contributed by atoms with Crippen molar-refractivity contribution in [3.05, 3.63) is 60.9 Å². The molecule has 0 bridgehead atoms. The Morgan fingerprint density at radius 3 is 2.54 bits per heavy atom. The summed E-state index contributed by atoms with van der Waals surface area (Å²) in [5.41, 5.74) is 15.1. The molecule has 0 aliphatic rings. The molecule has 0 aliphatic heterocycles. The van der Waals surface area contributed by atoms with Crippen molar-refractivity contribution in [2.75, 3.05) is 16.6 Å². The molecule has 0 aliphatic carbocycles. The molecule has 0 radical (unpaired) electrons. The number of nitrogen functional groups attached to an aromatic ring is 1. The summed E-state index contributed by atoms with van der Waals surface area (Å²) in [5, 5.41) is 8.25. The molecule has 0 atom stereocenters. The fraction of sp³-hybridized carbons (Fsp3) is 0. The van der Waals surface area contributed by atoms with E-state index in [1.165, 1.54) is 6.33 Å². The SMILES string of the molecule is Nc1c(NNc2ccccc2)ncnc1-n1nnc2ccccc21. The van der Waals surface area contributed by atoms with E-state index >= 15 is 0 Å². The second-order valence-electron chi connectivity index (χ2n) is 5.07. The Morgan fingerprint density at radius 2 is 1.67 bits per heavy atom. The maximum absolute atomic E-state index is 6.21. The number of rotatable bonds is 4. The van der Waals surface area contributed by atoms with Gasteiger partial charge in [0.2, 0.25) is 0 Å². The normalized spacial score (nSPS) is 10.7. The number of aromatic nitrogens is 5. The minimum atomic E-state index is 0.372. The van der Waals surface area contributed by atoms with Crippen LogP contribution in [0.3, 0.4) is 0 Å². The van der Waals surface area contributed by atoms with Crippen molar-refractivity contribution in [2.24, 2.45) is 0 Å². The van der Waals surface area contributed by atoms with Crippen molar-refractivity contribution in [3.8, 4) is 5.82 Å². The number of anilines is 3. The molecule has 2 aromatic heterocycles. The number of hydrogen-bond acceptors (Lipinski definition) is 7. The number of benzene rings is 2. The molecule has 0 amide bonds. The summed E-state index contributed by atoms with van der Waals surface area (Å²) in [6.07, 6.45) is 1.43. The van der Waals surface area contributed by atoms with E-state index in [4.69, 9.17) is 5.73 Å². The minimum Gasteiger partial charge on any atom is -0.393 e. The number of hydrazine groups is 1. The monoisotopic (exact) mass is 318 g/mol. The largest absolute Gasteiger partial charge is 0.393 e. The Balaban J connectivity index is 1.68. The molecule has 2 aromatic carbocycles. The molecule has 24 heavy (non-hydrogen) atoms. The first-order chi connectivity index (χ1) is 11.8. The van der Waals surface area contributed by atoms with Crippen molar-refractivity contribution in [1.29, 1.82) is 0 Å². The van der Waals surface area contributed by atoms with E-state index < -0.39 is 0 Å². The summed E-state index contributed by atoms with van der Waals surface area (Å²) in [7, 11) is 0. The van der Waals surface area contributed by atoms with Gasteiger partial charge in [-0.25, -0.2) is 9.97 Å². The maximum Gasteiger partial charge on any atom is 0.184 e. The first kappa shape index (κ1) is 13.9. The number of nitrogens with one attached hydrogen (secondary N) is 2. The van der Waals surface area contributed by atoms with Crippen LogP contribution >= 0.6 is 0 Å². The average molecular weight is 318 g/mol. The van der Waals surface area contributed by atoms with Gasteiger partial charge in [-0.3, -0.25) is 10.9 Å². The Labute approximate surface area is 137 Å². The minimum absolute atomic E-state index is 0.372. The number of para-hydroxylation sites is 2. The quantitative estimate of drug-likeness (QED) is 0.495. The summed E-state index contributed by atoms with van der Waals surface area (Å²) in [5.74, 6) is 0.930. The van der Waals surface area contributed by atoms with Crippen LogP contribution in [-0.2, 0) is 0 Å². The lowest BCUT2D eigenvalue weighted by Gasteiger charge is -2.12. The van der Waals surface area contributed by atoms with Gasteiger partial charge < -0.3 is 5.73 Å². The molecule has 4 rings (SSSR count). The Hall–Kier alpha value is -3.68. The van der Waals surface area contributed by atoms with E-state index in [1.54, 1.807) is 4.68 Å². The van der Waals surface area contributed by atoms with Gasteiger partial charge in [0.1, 0.15) is 17.5 Å². The van der Waals surface area contributed by atoms with Crippen LogP contribution in [0.15, 0.2) is 60.9 Å². The lowest BCUT2D eigenvalue weighted by atomic mass is 10.3. The third-order valence-corrected chi connectivity index (χ3v) is 3.51. The van der Waals surface area contributed by atoms with Gasteiger partial charge in [0.05, 0.1) is 11.2 Å². The van der Waals surface area contributed by atoms with E-state index in [0.717, 1.165) is 16.7 Å². The number of nitrogens with two attached hydrogens (primary N) is 1. The molecule has 4 aromatic rings. The third kappa shape index (κ3) is 2.45. The van der Waals surface area contributed by atoms with E-state index in [2.05, 4.69) is 31.1 Å². The Kier molecular flexibility index (Phi) is 3.39. The second-order valence-corrected chi connectivity index (χ2v) is 5.07. The van der Waals surface area contributed by atoms with Crippen molar-refractivity contribution >= 4 is 28.2 Å². The lowest BCUT2D eigenvalue weighted by molar-refractivity contribution is 0.800. The van der Waals surface area contributed by atoms with Crippen molar-refractivity contribution in [3.63, 3.8) is 0 Å². The molecule has 118 valence electrons. The first-order valence-corrected chi connectivity index (χ1v) is 7.31. The molecular weight excluding hydrogens is 304 g/mol. The third-order valence-electron chi connectivity index (χ3n) is 3.51. The molecule has 4 N–H and O–H groups in total. The molecule has 0 saturated carbocycles. The summed E-state index contributed by atoms with van der Waals surface area (Å²) >= 11 is 0. The summed E-state index contributed by atoms with van der Waals surface area (Å²) in [4.78, 5) is 8.42. The number of hydrogen-bond donors (Lipinski definition) is 3. The van der Waals surface area contributed by atoms with Crippen LogP contribution in [0.5, 0.6) is 0 Å². The van der Waals surface area contributed by atoms with Crippen LogP contribution in [0.4, 0.5) is 17.2 Å². The maximum atomic E-state index is 6.21. The van der Waals surface area contributed by atoms with Crippen LogP contribution in [-0.4, -0.2) is 25.0 Å². The molecule has 0 saturated heterocycles. The number of nitrogens with zero attached hydrogens (tertiary/aromatic N) is 5. The Morgan fingerprint density at radius 1 is 0.875 bits per heavy atom. The zero-order valence-corrected chi connectivity index (χ0v) is 12.6. The highest BCUT2D eigenvalue weighted by Gasteiger charge is 2.13. The first-order valence-electron chi connectivity index (χ1n) is 7.31. The summed E-state index contributed by atoms with van der Waals surface area (Å²) < 4.78 is 1.60. The van der Waals surface area contributed by atoms with Crippen molar-refractivity contribution < 1.29 is 0 Å². The summed E-state index contributed by atoms with van der Waals surface area (Å²) in [6.45, 7) is 0. The van der Waals surface area contributed by atoms with E-state index in [-0.39, 0.29) is 0 Å². The second kappa shape index (κ2) is 5.84. The fourth-order valence-corrected chi connectivity index (χ4v) is 2.33. The van der Waals surface area contributed by atoms with Gasteiger partial charge in [-0.2, -0.15) is 4.68 Å². The molecular formula is C16H14N8. The highest BCUT2D eigenvalue weighted by Crippen LogP contribution is 2.24. The topological polar surface area (TPSA) is 107 Å². The van der Waals surface area contributed by atoms with Crippen LogP contribution in [0.2, 0.25) is 0 Å². The average Bonchev–Trinajstić information content (AvgIpc) is 3.06. The zero-order chi connectivity index (χ0) is 16.4. The smallest absolute Gasteiger partial charge is 0.184 e. The van der Waals surface area contributed by atoms with Crippen molar-refractivity contribution in [1.82, 2.24) is 25.0 Å². The molecule has 2 heterocycles. The highest BCUT2D eigenvalue weighted by molar-refractivity contribution is 5.79. The van der Waals surface area contributed by atoms with Gasteiger partial charge in [-0.15, -0.1) is 5.10 Å². The van der Waals surface area contributed by atoms with Crippen LogP contribution in [0, 0.1) is 0 Å². The fourth-order valence-electron chi connectivity index (χ4n) is 2.33. The molecule has 0 fully saturated rings. The molecule has 0 unspecified atom stereocenters. The van der Waals surface area contributed by atoms with Gasteiger partial charge in [-0.1, -0.05) is 35.5 Å². The summed E-state index contributed by atoms with van der Waals surface area (Å²) in [6, 6.07) is 17.3. The van der Waals surface area contributed by atoms with Crippen LogP contribution in [0.25, 0.3) is 16.9 Å². The van der Waals surface area contributed by atoms with Crippen LogP contribution < -0.4 is 16.6 Å². The highest BCUT2D eigenvalue weighted by atomic mass is 15.5. The van der Waals surface area contributed by atoms with Gasteiger partial charge >= 0.3 is 0 Å². The van der Waals surface area contributed by atoms with Crippen molar-refractivity contribution in [2.45, 2.75) is 0 Å². The van der Waals surface area contributed by atoms with Crippen LogP contribution in [0.1, 0.15) is 0 Å². The van der Waals surface area contributed by atoms with E-state index in [0.29, 0.717) is 17.3 Å². The molecule has 8 heteroatoms. The van der Waals surface area contributed by atoms with Gasteiger partial charge in [-0.05, 0) is 24.3 Å². The Bertz CT molecular complexity index is 980. The predicted molar refractivity (Wildman–Crippen MR) is 92.6 cm³/mol. The molecule has 8 nitrogen and oxygen atoms in total. The van der Waals surface area contributed by atoms with Gasteiger partial charge in [0, 0.05) is 0 Å². The lowest BCUT2D eigenvalue weighted by Crippen LogP contribution is -2.14. The van der Waals surface area contributed by atoms with E-state index in [9.17, 15) is 0 Å². The van der Waals surface area contributed by atoms with Gasteiger partial charge in [0.25, 0.3) is 0 Å². The number of fused-ring (bicyclic) bond motifs is 1.